The van der Waals surface area contributed by atoms with E-state index >= 15 is 0 Å². The van der Waals surface area contributed by atoms with Gasteiger partial charge in [-0.25, -0.2) is 0 Å². The Morgan fingerprint density at radius 2 is 1.90 bits per heavy atom. The third-order valence-corrected chi connectivity index (χ3v) is 5.87. The smallest absolute Gasteiger partial charge is 0.251 e. The van der Waals surface area contributed by atoms with E-state index in [1.165, 1.54) is 0 Å². The number of nitrogens with zero attached hydrogens (tertiary/aromatic N) is 2. The first-order valence-corrected chi connectivity index (χ1v) is 10.7. The van der Waals surface area contributed by atoms with Gasteiger partial charge in [-0.3, -0.25) is 14.6 Å². The molecule has 1 fully saturated rings. The number of phenolic OH excluding ortho intramolecular Hbond substituents is 1. The van der Waals surface area contributed by atoms with Crippen LogP contribution in [0.2, 0.25) is 0 Å². The Morgan fingerprint density at radius 3 is 2.53 bits per heavy atom. The lowest BCUT2D eigenvalue weighted by Gasteiger charge is -2.47. The number of carbonyl (C=O) groups excluding carboxylic acids is 1. The van der Waals surface area contributed by atoms with Crippen LogP contribution >= 0.6 is 0 Å². The van der Waals surface area contributed by atoms with E-state index in [4.69, 9.17) is 0 Å². The van der Waals surface area contributed by atoms with Crippen molar-refractivity contribution in [1.82, 2.24) is 15.1 Å². The third-order valence-electron chi connectivity index (χ3n) is 5.87. The van der Waals surface area contributed by atoms with E-state index in [1.54, 1.807) is 6.07 Å². The van der Waals surface area contributed by atoms with Gasteiger partial charge in [0.15, 0.2) is 0 Å². The molecule has 1 amide bonds. The highest BCUT2D eigenvalue weighted by molar-refractivity contribution is 5.94. The maximum atomic E-state index is 12.2. The Bertz CT molecular complexity index is 865. The minimum Gasteiger partial charge on any atom is -0.508 e. The normalized spacial score (nSPS) is 21.2. The molecular formula is C25H33N3O2. The Morgan fingerprint density at radius 1 is 1.17 bits per heavy atom. The van der Waals surface area contributed by atoms with E-state index in [2.05, 4.69) is 41.6 Å². The van der Waals surface area contributed by atoms with Gasteiger partial charge in [0.25, 0.3) is 5.91 Å². The number of carbonyl (C=O) groups is 1. The van der Waals surface area contributed by atoms with Crippen molar-refractivity contribution < 1.29 is 9.90 Å². The third kappa shape index (κ3) is 4.91. The van der Waals surface area contributed by atoms with Gasteiger partial charge in [0, 0.05) is 43.8 Å². The zero-order valence-electron chi connectivity index (χ0n) is 18.2. The zero-order valence-corrected chi connectivity index (χ0v) is 18.2. The molecule has 1 aliphatic heterocycles. The summed E-state index contributed by atoms with van der Waals surface area (Å²) in [5.41, 5.74) is 2.83. The van der Waals surface area contributed by atoms with E-state index < -0.39 is 0 Å². The van der Waals surface area contributed by atoms with Crippen molar-refractivity contribution in [3.8, 4) is 5.75 Å². The van der Waals surface area contributed by atoms with E-state index in [9.17, 15) is 9.90 Å². The van der Waals surface area contributed by atoms with Crippen molar-refractivity contribution in [3.63, 3.8) is 0 Å². The number of piperazine rings is 1. The highest BCUT2D eigenvalue weighted by Gasteiger charge is 2.34. The van der Waals surface area contributed by atoms with Gasteiger partial charge in [0.1, 0.15) is 5.75 Å². The van der Waals surface area contributed by atoms with Crippen molar-refractivity contribution in [2.45, 2.75) is 38.9 Å². The van der Waals surface area contributed by atoms with Gasteiger partial charge >= 0.3 is 0 Å². The van der Waals surface area contributed by atoms with Crippen molar-refractivity contribution in [2.24, 2.45) is 0 Å². The second-order valence-corrected chi connectivity index (χ2v) is 8.12. The van der Waals surface area contributed by atoms with Crippen LogP contribution in [0.1, 0.15) is 48.3 Å². The fourth-order valence-corrected chi connectivity index (χ4v) is 4.35. The van der Waals surface area contributed by atoms with Gasteiger partial charge in [-0.1, -0.05) is 30.3 Å². The van der Waals surface area contributed by atoms with Crippen molar-refractivity contribution in [3.05, 3.63) is 77.9 Å². The Hall–Kier alpha value is -2.63. The molecule has 3 rings (SSSR count). The molecule has 2 N–H and O–H groups in total. The predicted molar refractivity (Wildman–Crippen MR) is 122 cm³/mol. The minimum absolute atomic E-state index is 0.00344. The van der Waals surface area contributed by atoms with Gasteiger partial charge in [0.05, 0.1) is 6.04 Å². The van der Waals surface area contributed by atoms with Crippen LogP contribution in [0.4, 0.5) is 0 Å². The summed E-state index contributed by atoms with van der Waals surface area (Å²) in [5, 5.41) is 13.0. The van der Waals surface area contributed by atoms with Crippen LogP contribution in [0, 0.1) is 0 Å². The molecule has 5 nitrogen and oxygen atoms in total. The molecule has 1 heterocycles. The summed E-state index contributed by atoms with van der Waals surface area (Å²) >= 11 is 0. The first-order valence-electron chi connectivity index (χ1n) is 10.7. The zero-order chi connectivity index (χ0) is 21.7. The van der Waals surface area contributed by atoms with Crippen LogP contribution in [0.15, 0.2) is 61.2 Å². The Balaban J connectivity index is 1.96. The number of hydrogen-bond donors (Lipinski definition) is 2. The second kappa shape index (κ2) is 9.92. The Labute approximate surface area is 180 Å². The van der Waals surface area contributed by atoms with Crippen LogP contribution in [0.25, 0.3) is 0 Å². The molecule has 0 saturated carbocycles. The number of phenols is 1. The van der Waals surface area contributed by atoms with E-state index in [-0.39, 0.29) is 17.7 Å². The van der Waals surface area contributed by atoms with Gasteiger partial charge in [-0.05, 0) is 56.2 Å². The monoisotopic (exact) mass is 407 g/mol. The highest BCUT2D eigenvalue weighted by atomic mass is 16.3. The molecule has 30 heavy (non-hydrogen) atoms. The average molecular weight is 408 g/mol. The molecule has 5 heteroatoms. The maximum absolute atomic E-state index is 12.2. The molecule has 0 unspecified atom stereocenters. The van der Waals surface area contributed by atoms with E-state index in [0.717, 1.165) is 30.8 Å². The molecule has 2 aromatic rings. The summed E-state index contributed by atoms with van der Waals surface area (Å²) in [6, 6.07) is 16.1. The minimum atomic E-state index is -0.0574. The predicted octanol–water partition coefficient (Wildman–Crippen LogP) is 3.81. The standard InChI is InChI=1S/C25H33N3O2/c1-5-14-27-16-19(4)28(17-18(27)3)24(22-8-7-9-23(29)15-22)20-10-12-21(13-11-20)25(30)26-6-2/h5,7-13,15,18-19,24,29H,1,6,14,16-17H2,2-4H3,(H,26,30)/t18-,19+,24+/m0/s1. The first kappa shape index (κ1) is 22.1. The maximum Gasteiger partial charge on any atom is 0.251 e. The first-order chi connectivity index (χ1) is 14.4. The molecular weight excluding hydrogens is 374 g/mol. The number of aromatic hydroxyl groups is 1. The van der Waals surface area contributed by atoms with Crippen LogP contribution in [-0.2, 0) is 0 Å². The van der Waals surface area contributed by atoms with Crippen LogP contribution in [0.5, 0.6) is 5.75 Å². The highest BCUT2D eigenvalue weighted by Crippen LogP contribution is 2.34. The summed E-state index contributed by atoms with van der Waals surface area (Å²) < 4.78 is 0. The van der Waals surface area contributed by atoms with E-state index in [1.807, 2.05) is 49.4 Å². The number of hydrogen-bond acceptors (Lipinski definition) is 4. The average Bonchev–Trinajstić information content (AvgIpc) is 2.72. The van der Waals surface area contributed by atoms with Crippen molar-refractivity contribution in [2.75, 3.05) is 26.2 Å². The van der Waals surface area contributed by atoms with Gasteiger partial charge in [-0.2, -0.15) is 0 Å². The lowest BCUT2D eigenvalue weighted by Crippen LogP contribution is -2.57. The molecule has 0 aromatic heterocycles. The fourth-order valence-electron chi connectivity index (χ4n) is 4.35. The van der Waals surface area contributed by atoms with Gasteiger partial charge in [-0.15, -0.1) is 6.58 Å². The van der Waals surface area contributed by atoms with E-state index in [0.29, 0.717) is 24.2 Å². The van der Waals surface area contributed by atoms with Crippen molar-refractivity contribution in [1.29, 1.82) is 0 Å². The topological polar surface area (TPSA) is 55.8 Å². The van der Waals surface area contributed by atoms with Crippen LogP contribution in [0.3, 0.4) is 0 Å². The summed E-state index contributed by atoms with van der Waals surface area (Å²) in [7, 11) is 0. The number of nitrogens with one attached hydrogen (secondary N) is 1. The van der Waals surface area contributed by atoms with Gasteiger partial charge in [0.2, 0.25) is 0 Å². The molecule has 160 valence electrons. The number of amides is 1. The quantitative estimate of drug-likeness (QED) is 0.686. The SMILES string of the molecule is C=CCN1C[C@@H](C)N([C@H](c2ccc(C(=O)NCC)cc2)c2cccc(O)c2)C[C@@H]1C. The molecule has 0 spiro atoms. The molecule has 1 saturated heterocycles. The lowest BCUT2D eigenvalue weighted by atomic mass is 9.92. The van der Waals surface area contributed by atoms with Crippen LogP contribution < -0.4 is 5.32 Å². The summed E-state index contributed by atoms with van der Waals surface area (Å²) in [4.78, 5) is 17.1. The van der Waals surface area contributed by atoms with Crippen LogP contribution in [-0.4, -0.2) is 59.1 Å². The molecule has 0 aliphatic carbocycles. The molecule has 2 aromatic carbocycles. The van der Waals surface area contributed by atoms with Crippen molar-refractivity contribution >= 4 is 5.91 Å². The lowest BCUT2D eigenvalue weighted by molar-refractivity contribution is 0.0306. The van der Waals surface area contributed by atoms with Gasteiger partial charge < -0.3 is 10.4 Å². The summed E-state index contributed by atoms with van der Waals surface area (Å²) in [6.07, 6.45) is 1.96. The number of rotatable bonds is 7. The molecule has 0 radical (unpaired) electrons. The summed E-state index contributed by atoms with van der Waals surface area (Å²) in [6.45, 7) is 13.7. The molecule has 0 bridgehead atoms. The number of benzene rings is 2. The summed E-state index contributed by atoms with van der Waals surface area (Å²) in [5.74, 6) is 0.209. The molecule has 1 aliphatic rings. The molecule has 3 atom stereocenters. The fraction of sp³-hybridized carbons (Fsp3) is 0.400. The Kier molecular flexibility index (Phi) is 7.29. The largest absolute Gasteiger partial charge is 0.508 e. The second-order valence-electron chi connectivity index (χ2n) is 8.12.